The minimum absolute atomic E-state index is 0.0580. The quantitative estimate of drug-likeness (QED) is 0.614. The third-order valence-corrected chi connectivity index (χ3v) is 6.29. The van der Waals surface area contributed by atoms with E-state index in [1.54, 1.807) is 0 Å². The van der Waals surface area contributed by atoms with E-state index in [9.17, 15) is 13.5 Å². The van der Waals surface area contributed by atoms with Gasteiger partial charge in [-0.2, -0.15) is 4.31 Å². The van der Waals surface area contributed by atoms with Crippen LogP contribution in [0.1, 0.15) is 13.3 Å². The van der Waals surface area contributed by atoms with E-state index in [4.69, 9.17) is 28.6 Å². The lowest BCUT2D eigenvalue weighted by Crippen LogP contribution is -2.41. The maximum atomic E-state index is 12.7. The van der Waals surface area contributed by atoms with Gasteiger partial charge < -0.3 is 20.5 Å². The topological polar surface area (TPSA) is 90.9 Å². The normalized spacial score (nSPS) is 17.1. The second-order valence-corrected chi connectivity index (χ2v) is 8.30. The highest BCUT2D eigenvalue weighted by atomic mass is 35.5. The zero-order chi connectivity index (χ0) is 18.4. The molecule has 1 aliphatic rings. The molecule has 3 N–H and O–H groups in total. The van der Waals surface area contributed by atoms with Gasteiger partial charge in [-0.3, -0.25) is 0 Å². The Labute approximate surface area is 158 Å². The minimum Gasteiger partial charge on any atom is -0.394 e. The maximum absolute atomic E-state index is 12.7. The van der Waals surface area contributed by atoms with Gasteiger partial charge in [0.2, 0.25) is 10.0 Å². The van der Waals surface area contributed by atoms with Crippen molar-refractivity contribution in [1.82, 2.24) is 9.62 Å². The molecule has 0 radical (unpaired) electrons. The molecule has 1 aromatic rings. The van der Waals surface area contributed by atoms with Crippen molar-refractivity contribution in [2.24, 2.45) is 0 Å². The molecule has 2 rings (SSSR count). The first-order chi connectivity index (χ1) is 11.9. The molecule has 1 heterocycles. The molecule has 0 aliphatic carbocycles. The van der Waals surface area contributed by atoms with Gasteiger partial charge in [-0.1, -0.05) is 18.5 Å². The first kappa shape index (κ1) is 20.3. The number of halogens is 1. The van der Waals surface area contributed by atoms with E-state index in [2.05, 4.69) is 10.6 Å². The third-order valence-electron chi connectivity index (χ3n) is 3.84. The summed E-state index contributed by atoms with van der Waals surface area (Å²) in [5.74, 6) is 0. The lowest BCUT2D eigenvalue weighted by Gasteiger charge is -2.26. The predicted octanol–water partition coefficient (Wildman–Crippen LogP) is 1.42. The van der Waals surface area contributed by atoms with Crippen LogP contribution in [0.3, 0.4) is 0 Å². The van der Waals surface area contributed by atoms with E-state index < -0.39 is 10.0 Å². The molecule has 25 heavy (non-hydrogen) atoms. The number of morpholine rings is 1. The largest absolute Gasteiger partial charge is 0.394 e. The predicted molar refractivity (Wildman–Crippen MR) is 102 cm³/mol. The Balaban J connectivity index is 2.18. The summed E-state index contributed by atoms with van der Waals surface area (Å²) in [6.07, 6.45) is 0.692. The van der Waals surface area contributed by atoms with E-state index >= 15 is 0 Å². The first-order valence-electron chi connectivity index (χ1n) is 7.94. The van der Waals surface area contributed by atoms with Gasteiger partial charge in [0.15, 0.2) is 5.11 Å². The van der Waals surface area contributed by atoms with Crippen LogP contribution in [0.5, 0.6) is 0 Å². The molecule has 1 aliphatic heterocycles. The monoisotopic (exact) mass is 407 g/mol. The Morgan fingerprint density at radius 3 is 2.72 bits per heavy atom. The molecule has 10 heteroatoms. The van der Waals surface area contributed by atoms with Crippen LogP contribution in [0.15, 0.2) is 23.1 Å². The minimum atomic E-state index is -3.62. The highest BCUT2D eigenvalue weighted by Gasteiger charge is 2.27. The Kier molecular flexibility index (Phi) is 7.41. The second kappa shape index (κ2) is 9.11. The van der Waals surface area contributed by atoms with Gasteiger partial charge in [-0.05, 0) is 36.8 Å². The molecule has 1 saturated heterocycles. The summed E-state index contributed by atoms with van der Waals surface area (Å²) < 4.78 is 32.0. The molecule has 0 unspecified atom stereocenters. The molecule has 7 nitrogen and oxygen atoms in total. The molecule has 0 bridgehead atoms. The highest BCUT2D eigenvalue weighted by molar-refractivity contribution is 7.89. The summed E-state index contributed by atoms with van der Waals surface area (Å²) in [6, 6.07) is 4.26. The van der Waals surface area contributed by atoms with E-state index in [0.717, 1.165) is 0 Å². The summed E-state index contributed by atoms with van der Waals surface area (Å²) in [7, 11) is -3.62. The van der Waals surface area contributed by atoms with Crippen molar-refractivity contribution in [3.63, 3.8) is 0 Å². The second-order valence-electron chi connectivity index (χ2n) is 5.54. The van der Waals surface area contributed by atoms with Crippen molar-refractivity contribution in [2.75, 3.05) is 38.2 Å². The fourth-order valence-electron chi connectivity index (χ4n) is 2.32. The molecule has 140 valence electrons. The summed E-state index contributed by atoms with van der Waals surface area (Å²) in [5, 5.41) is 15.7. The summed E-state index contributed by atoms with van der Waals surface area (Å²) in [5.41, 5.74) is 0.390. The highest BCUT2D eigenvalue weighted by Crippen LogP contribution is 2.27. The molecule has 1 atom stereocenters. The van der Waals surface area contributed by atoms with Gasteiger partial charge >= 0.3 is 0 Å². The number of hydrogen-bond donors (Lipinski definition) is 3. The Hall–Kier alpha value is -0.970. The van der Waals surface area contributed by atoms with Crippen molar-refractivity contribution < 1.29 is 18.3 Å². The van der Waals surface area contributed by atoms with E-state index in [0.29, 0.717) is 43.4 Å². The standard InChI is InChI=1S/C15H22ClN3O4S2/c1-2-11(10-20)17-15(24)18-14-9-12(3-4-13(14)16)25(21,22)19-5-7-23-8-6-19/h3-4,9,11,20H,2,5-8,10H2,1H3,(H2,17,18,24)/t11-/m1/s1. The molecule has 0 amide bonds. The molecule has 1 aromatic carbocycles. The van der Waals surface area contributed by atoms with E-state index in [-0.39, 0.29) is 22.7 Å². The van der Waals surface area contributed by atoms with Crippen LogP contribution < -0.4 is 10.6 Å². The average molecular weight is 408 g/mol. The maximum Gasteiger partial charge on any atom is 0.243 e. The third kappa shape index (κ3) is 5.25. The van der Waals surface area contributed by atoms with Crippen LogP contribution in [0.2, 0.25) is 5.02 Å². The zero-order valence-electron chi connectivity index (χ0n) is 13.9. The first-order valence-corrected chi connectivity index (χ1v) is 10.2. The Bertz CT molecular complexity index is 705. The van der Waals surface area contributed by atoms with Crippen molar-refractivity contribution in [3.05, 3.63) is 23.2 Å². The van der Waals surface area contributed by atoms with Crippen LogP contribution in [0.4, 0.5) is 5.69 Å². The fraction of sp³-hybridized carbons (Fsp3) is 0.533. The van der Waals surface area contributed by atoms with Gasteiger partial charge in [0, 0.05) is 13.1 Å². The SMILES string of the molecule is CC[C@H](CO)NC(=S)Nc1cc(S(=O)(=O)N2CCOCC2)ccc1Cl. The number of hydrogen-bond acceptors (Lipinski definition) is 5. The van der Waals surface area contributed by atoms with Crippen LogP contribution in [0, 0.1) is 0 Å². The number of benzene rings is 1. The van der Waals surface area contributed by atoms with Crippen molar-refractivity contribution in [2.45, 2.75) is 24.3 Å². The number of thiocarbonyl (C=S) groups is 1. The van der Waals surface area contributed by atoms with E-state index in [1.807, 2.05) is 6.92 Å². The van der Waals surface area contributed by atoms with Gasteiger partial charge in [-0.15, -0.1) is 0 Å². The zero-order valence-corrected chi connectivity index (χ0v) is 16.3. The molecule has 0 saturated carbocycles. The Morgan fingerprint density at radius 1 is 1.44 bits per heavy atom. The summed E-state index contributed by atoms with van der Waals surface area (Å²) in [6.45, 7) is 3.26. The Morgan fingerprint density at radius 2 is 2.12 bits per heavy atom. The van der Waals surface area contributed by atoms with Crippen molar-refractivity contribution in [3.8, 4) is 0 Å². The van der Waals surface area contributed by atoms with Gasteiger partial charge in [0.25, 0.3) is 0 Å². The molecule has 1 fully saturated rings. The number of aliphatic hydroxyl groups excluding tert-OH is 1. The van der Waals surface area contributed by atoms with Crippen molar-refractivity contribution in [1.29, 1.82) is 0 Å². The number of nitrogens with zero attached hydrogens (tertiary/aromatic N) is 1. The average Bonchev–Trinajstić information content (AvgIpc) is 2.62. The van der Waals surface area contributed by atoms with Crippen LogP contribution >= 0.6 is 23.8 Å². The van der Waals surface area contributed by atoms with Crippen LogP contribution in [-0.4, -0.2) is 61.9 Å². The van der Waals surface area contributed by atoms with E-state index in [1.165, 1.54) is 22.5 Å². The summed E-state index contributed by atoms with van der Waals surface area (Å²) >= 11 is 11.4. The fourth-order valence-corrected chi connectivity index (χ4v) is 4.19. The molecule has 0 aromatic heterocycles. The molecule has 0 spiro atoms. The lowest BCUT2D eigenvalue weighted by molar-refractivity contribution is 0.0730. The number of ether oxygens (including phenoxy) is 1. The lowest BCUT2D eigenvalue weighted by atomic mass is 10.2. The van der Waals surface area contributed by atoms with Crippen LogP contribution in [-0.2, 0) is 14.8 Å². The smallest absolute Gasteiger partial charge is 0.243 e. The number of nitrogens with one attached hydrogen (secondary N) is 2. The number of anilines is 1. The van der Waals surface area contributed by atoms with Gasteiger partial charge in [0.05, 0.1) is 41.5 Å². The van der Waals surface area contributed by atoms with Gasteiger partial charge in [-0.25, -0.2) is 8.42 Å². The summed E-state index contributed by atoms with van der Waals surface area (Å²) in [4.78, 5) is 0.137. The number of aliphatic hydroxyl groups is 1. The van der Waals surface area contributed by atoms with Crippen molar-refractivity contribution >= 4 is 44.6 Å². The molecular weight excluding hydrogens is 386 g/mol. The number of sulfonamides is 1. The number of rotatable bonds is 6. The van der Waals surface area contributed by atoms with Gasteiger partial charge in [0.1, 0.15) is 0 Å². The molecular formula is C15H22ClN3O4S2. The van der Waals surface area contributed by atoms with Crippen LogP contribution in [0.25, 0.3) is 0 Å².